The molecule has 0 amide bonds. The van der Waals surface area contributed by atoms with Crippen molar-refractivity contribution < 1.29 is 26.3 Å². The van der Waals surface area contributed by atoms with Crippen molar-refractivity contribution in [1.29, 1.82) is 0 Å². The van der Waals surface area contributed by atoms with Crippen LogP contribution in [-0.2, 0) is 20.0 Å². The van der Waals surface area contributed by atoms with Crippen LogP contribution in [0.15, 0.2) is 72.0 Å². The SMILES string of the molecule is COc1c(Br)cc(Cl)cc1S(=O)(=O)N(C1=C[C@@H]2NN=C[C@H]2C=C1)S(=O)(=O)c1cc(Cl)cc(Br)c1OC. The average molecular weight is 702 g/mol. The van der Waals surface area contributed by atoms with Crippen LogP contribution in [0.4, 0.5) is 0 Å². The number of hydrazone groups is 1. The number of hydrogen-bond donors (Lipinski definition) is 1. The number of benzene rings is 2. The summed E-state index contributed by atoms with van der Waals surface area (Å²) in [5, 5.41) is 4.07. The summed E-state index contributed by atoms with van der Waals surface area (Å²) in [4.78, 5) is -0.944. The normalized spacial score (nSPS) is 18.9. The first-order valence-electron chi connectivity index (χ1n) is 9.97. The van der Waals surface area contributed by atoms with Gasteiger partial charge in [-0.05, 0) is 68.3 Å². The number of nitrogens with zero attached hydrogens (tertiary/aromatic N) is 2. The third-order valence-corrected chi connectivity index (χ3v) is 11.1. The van der Waals surface area contributed by atoms with Gasteiger partial charge < -0.3 is 14.9 Å². The molecule has 0 saturated carbocycles. The van der Waals surface area contributed by atoms with E-state index in [1.165, 1.54) is 38.5 Å². The summed E-state index contributed by atoms with van der Waals surface area (Å²) >= 11 is 18.8. The minimum atomic E-state index is -4.87. The fraction of sp³-hybridized carbons (Fsp3) is 0.190. The van der Waals surface area contributed by atoms with Gasteiger partial charge in [-0.25, -0.2) is 0 Å². The van der Waals surface area contributed by atoms with Gasteiger partial charge in [0.15, 0.2) is 11.5 Å². The van der Waals surface area contributed by atoms with Gasteiger partial charge in [-0.2, -0.15) is 25.6 Å². The molecule has 1 aliphatic heterocycles. The number of fused-ring (bicyclic) bond motifs is 1. The predicted octanol–water partition coefficient (Wildman–Crippen LogP) is 4.94. The highest BCUT2D eigenvalue weighted by molar-refractivity contribution is 9.11. The minimum Gasteiger partial charge on any atom is -0.494 e. The fourth-order valence-corrected chi connectivity index (χ4v) is 10.1. The van der Waals surface area contributed by atoms with Gasteiger partial charge >= 0.3 is 0 Å². The largest absolute Gasteiger partial charge is 0.494 e. The van der Waals surface area contributed by atoms with Gasteiger partial charge in [0.25, 0.3) is 20.0 Å². The second kappa shape index (κ2) is 10.2. The van der Waals surface area contributed by atoms with Crippen LogP contribution < -0.4 is 14.9 Å². The van der Waals surface area contributed by atoms with Crippen molar-refractivity contribution in [2.24, 2.45) is 11.0 Å². The molecule has 0 radical (unpaired) electrons. The maximum absolute atomic E-state index is 14.2. The second-order valence-corrected chi connectivity index (χ2v) is 13.8. The van der Waals surface area contributed by atoms with Crippen LogP contribution >= 0.6 is 55.1 Å². The Morgan fingerprint density at radius 3 is 1.89 bits per heavy atom. The lowest BCUT2D eigenvalue weighted by atomic mass is 9.97. The molecule has 192 valence electrons. The zero-order valence-corrected chi connectivity index (χ0v) is 24.8. The van der Waals surface area contributed by atoms with E-state index in [9.17, 15) is 16.8 Å². The van der Waals surface area contributed by atoms with E-state index in [1.807, 2.05) is 0 Å². The molecule has 0 spiro atoms. The Morgan fingerprint density at radius 1 is 0.917 bits per heavy atom. The summed E-state index contributed by atoms with van der Waals surface area (Å²) in [6.07, 6.45) is 6.14. The number of halogens is 4. The number of sulfonamides is 2. The van der Waals surface area contributed by atoms with Gasteiger partial charge in [-0.1, -0.05) is 29.3 Å². The van der Waals surface area contributed by atoms with Gasteiger partial charge in [0.1, 0.15) is 9.79 Å². The van der Waals surface area contributed by atoms with Gasteiger partial charge in [0.2, 0.25) is 0 Å². The van der Waals surface area contributed by atoms with Gasteiger partial charge in [0.05, 0.1) is 34.9 Å². The maximum atomic E-state index is 14.2. The Labute approximate surface area is 235 Å². The lowest BCUT2D eigenvalue weighted by molar-refractivity contribution is 0.397. The maximum Gasteiger partial charge on any atom is 0.281 e. The molecule has 0 fully saturated rings. The topological polar surface area (TPSA) is 114 Å². The van der Waals surface area contributed by atoms with Crippen LogP contribution in [0.25, 0.3) is 0 Å². The van der Waals surface area contributed by atoms with Gasteiger partial charge in [-0.15, -0.1) is 0 Å². The molecule has 0 unspecified atom stereocenters. The number of rotatable bonds is 7. The van der Waals surface area contributed by atoms with E-state index in [-0.39, 0.29) is 42.1 Å². The Morgan fingerprint density at radius 2 is 1.42 bits per heavy atom. The van der Waals surface area contributed by atoms with E-state index in [0.717, 1.165) is 12.1 Å². The molecule has 4 rings (SSSR count). The molecule has 1 heterocycles. The Hall–Kier alpha value is -1.77. The molecule has 0 aromatic heterocycles. The lowest BCUT2D eigenvalue weighted by Gasteiger charge is -2.29. The number of methoxy groups -OCH3 is 2. The molecule has 2 atom stereocenters. The Kier molecular flexibility index (Phi) is 7.71. The van der Waals surface area contributed by atoms with Crippen LogP contribution in [0, 0.1) is 5.92 Å². The smallest absolute Gasteiger partial charge is 0.281 e. The molecule has 2 aromatic rings. The molecule has 0 bridgehead atoms. The van der Waals surface area contributed by atoms with E-state index in [0.29, 0.717) is 3.71 Å². The van der Waals surface area contributed by atoms with Crippen molar-refractivity contribution in [3.05, 3.63) is 67.2 Å². The first kappa shape index (κ1) is 27.3. The lowest BCUT2D eigenvalue weighted by Crippen LogP contribution is -2.39. The molecule has 9 nitrogen and oxygen atoms in total. The molecular formula is C21H17Br2Cl2N3O6S2. The zero-order chi connectivity index (χ0) is 26.4. The summed E-state index contributed by atoms with van der Waals surface area (Å²) < 4.78 is 68.0. The van der Waals surface area contributed by atoms with Crippen LogP contribution in [0.5, 0.6) is 11.5 Å². The van der Waals surface area contributed by atoms with Crippen LogP contribution in [-0.4, -0.2) is 47.0 Å². The molecule has 1 N–H and O–H groups in total. The average Bonchev–Trinajstić information content (AvgIpc) is 3.26. The molecule has 0 saturated heterocycles. The van der Waals surface area contributed by atoms with E-state index in [4.69, 9.17) is 32.7 Å². The fourth-order valence-electron chi connectivity index (χ4n) is 3.72. The van der Waals surface area contributed by atoms with Crippen LogP contribution in [0.3, 0.4) is 0 Å². The molecule has 36 heavy (non-hydrogen) atoms. The monoisotopic (exact) mass is 699 g/mol. The van der Waals surface area contributed by atoms with Crippen molar-refractivity contribution in [1.82, 2.24) is 9.14 Å². The summed E-state index contributed by atoms with van der Waals surface area (Å²) in [7, 11) is -7.23. The third-order valence-electron chi connectivity index (χ3n) is 5.28. The highest BCUT2D eigenvalue weighted by atomic mass is 79.9. The molecule has 1 aliphatic carbocycles. The number of nitrogens with one attached hydrogen (secondary N) is 1. The summed E-state index contributed by atoms with van der Waals surface area (Å²) in [5.74, 6) is -0.426. The number of ether oxygens (including phenoxy) is 2. The Bertz CT molecular complexity index is 1460. The van der Waals surface area contributed by atoms with Crippen LogP contribution in [0.2, 0.25) is 10.0 Å². The van der Waals surface area contributed by atoms with Crippen molar-refractivity contribution in [3.8, 4) is 11.5 Å². The number of allylic oxidation sites excluding steroid dienone is 1. The quantitative estimate of drug-likeness (QED) is 0.435. The third kappa shape index (κ3) is 4.76. The van der Waals surface area contributed by atoms with Crippen molar-refractivity contribution >= 4 is 81.3 Å². The first-order chi connectivity index (χ1) is 16.9. The summed E-state index contributed by atoms with van der Waals surface area (Å²) in [6.45, 7) is 0. The molecule has 2 aromatic carbocycles. The zero-order valence-electron chi connectivity index (χ0n) is 18.4. The second-order valence-electron chi connectivity index (χ2n) is 7.51. The van der Waals surface area contributed by atoms with Crippen molar-refractivity contribution in [3.63, 3.8) is 0 Å². The number of hydrogen-bond acceptors (Lipinski definition) is 8. The van der Waals surface area contributed by atoms with Gasteiger partial charge in [-0.3, -0.25) is 0 Å². The Balaban J connectivity index is 2.03. The summed E-state index contributed by atoms with van der Waals surface area (Å²) in [5.41, 5.74) is 2.68. The summed E-state index contributed by atoms with van der Waals surface area (Å²) in [6, 6.07) is 4.62. The van der Waals surface area contributed by atoms with E-state index in [2.05, 4.69) is 42.4 Å². The molecule has 15 heteroatoms. The van der Waals surface area contributed by atoms with Crippen LogP contribution in [0.1, 0.15) is 0 Å². The van der Waals surface area contributed by atoms with Crippen molar-refractivity contribution in [2.45, 2.75) is 15.8 Å². The first-order valence-corrected chi connectivity index (χ1v) is 15.2. The standard InChI is InChI=1S/C21H17Br2Cl2N3O6S2/c1-33-20-15(22)5-12(24)7-18(20)35(29,30)28(14-4-3-11-10-26-27-17(11)9-14)36(31,32)19-8-13(25)6-16(23)21(19)34-2/h3-11,17,27H,1-2H3/t11-,17+/m1/s1. The van der Waals surface area contributed by atoms with E-state index >= 15 is 0 Å². The van der Waals surface area contributed by atoms with Gasteiger partial charge in [0, 0.05) is 22.2 Å². The highest BCUT2D eigenvalue weighted by Gasteiger charge is 2.43. The van der Waals surface area contributed by atoms with E-state index < -0.39 is 35.9 Å². The van der Waals surface area contributed by atoms with E-state index in [1.54, 1.807) is 12.3 Å². The van der Waals surface area contributed by atoms with Crippen molar-refractivity contribution in [2.75, 3.05) is 14.2 Å². The highest BCUT2D eigenvalue weighted by Crippen LogP contribution is 2.43. The molecular weight excluding hydrogens is 685 g/mol. The molecule has 2 aliphatic rings. The minimum absolute atomic E-state index is 0.0424. The predicted molar refractivity (Wildman–Crippen MR) is 144 cm³/mol.